The van der Waals surface area contributed by atoms with Gasteiger partial charge in [-0.2, -0.15) is 11.3 Å². The van der Waals surface area contributed by atoms with Gasteiger partial charge in [-0.25, -0.2) is 0 Å². The van der Waals surface area contributed by atoms with E-state index in [0.29, 0.717) is 32.4 Å². The minimum atomic E-state index is -0.585. The number of thiophene rings is 1. The lowest BCUT2D eigenvalue weighted by Gasteiger charge is -2.31. The predicted molar refractivity (Wildman–Crippen MR) is 124 cm³/mol. The van der Waals surface area contributed by atoms with Crippen LogP contribution in [0.4, 0.5) is 0 Å². The van der Waals surface area contributed by atoms with Gasteiger partial charge in [-0.3, -0.25) is 14.6 Å². The summed E-state index contributed by atoms with van der Waals surface area (Å²) in [5.41, 5.74) is 3.82. The van der Waals surface area contributed by atoms with E-state index >= 15 is 0 Å². The second-order valence-corrected chi connectivity index (χ2v) is 9.25. The highest BCUT2D eigenvalue weighted by Crippen LogP contribution is 2.37. The van der Waals surface area contributed by atoms with E-state index in [-0.39, 0.29) is 11.8 Å². The van der Waals surface area contributed by atoms with Crippen LogP contribution in [0.15, 0.2) is 65.6 Å². The maximum absolute atomic E-state index is 13.2. The molecule has 0 aliphatic carbocycles. The van der Waals surface area contributed by atoms with Crippen molar-refractivity contribution in [3.63, 3.8) is 0 Å². The fraction of sp³-hybridized carbons (Fsp3) is 0.320. The van der Waals surface area contributed by atoms with Gasteiger partial charge in [-0.1, -0.05) is 30.3 Å². The molecule has 0 bridgehead atoms. The van der Waals surface area contributed by atoms with E-state index in [1.807, 2.05) is 17.0 Å². The van der Waals surface area contributed by atoms with Gasteiger partial charge < -0.3 is 9.80 Å². The molecule has 1 saturated heterocycles. The lowest BCUT2D eigenvalue weighted by Crippen LogP contribution is -2.44. The van der Waals surface area contributed by atoms with Crippen LogP contribution in [0.1, 0.15) is 17.5 Å². The summed E-state index contributed by atoms with van der Waals surface area (Å²) in [6.45, 7) is 1.06. The van der Waals surface area contributed by atoms with Crippen molar-refractivity contribution in [2.45, 2.75) is 19.3 Å². The molecular formula is C25H27N3O2S. The molecule has 3 heterocycles. The number of carbonyl (C=O) groups excluding carboxylic acids is 2. The molecule has 0 spiro atoms. The SMILES string of the molecule is CN(C)C(=O)[C@@]1(Cc2ccc(-c3ccsc3)cc2)CCN(C(=O)Cc2cccnc2)C1. The van der Waals surface area contributed by atoms with Crippen molar-refractivity contribution in [2.75, 3.05) is 27.2 Å². The van der Waals surface area contributed by atoms with Crippen molar-refractivity contribution < 1.29 is 9.59 Å². The number of amides is 2. The van der Waals surface area contributed by atoms with E-state index in [1.54, 1.807) is 42.7 Å². The van der Waals surface area contributed by atoms with Crippen LogP contribution in [-0.4, -0.2) is 53.8 Å². The number of nitrogens with zero attached hydrogens (tertiary/aromatic N) is 3. The molecule has 0 radical (unpaired) electrons. The molecule has 160 valence electrons. The summed E-state index contributed by atoms with van der Waals surface area (Å²) in [4.78, 5) is 33.7. The number of hydrogen-bond acceptors (Lipinski definition) is 4. The minimum absolute atomic E-state index is 0.0502. The first-order chi connectivity index (χ1) is 15.0. The summed E-state index contributed by atoms with van der Waals surface area (Å²) in [5, 5.41) is 4.21. The van der Waals surface area contributed by atoms with Crippen molar-refractivity contribution in [3.05, 3.63) is 76.7 Å². The fourth-order valence-electron chi connectivity index (χ4n) is 4.38. The second-order valence-electron chi connectivity index (χ2n) is 8.47. The van der Waals surface area contributed by atoms with Gasteiger partial charge >= 0.3 is 0 Å². The van der Waals surface area contributed by atoms with Gasteiger partial charge in [-0.15, -0.1) is 0 Å². The molecule has 5 nitrogen and oxygen atoms in total. The van der Waals surface area contributed by atoms with Crippen LogP contribution in [0.5, 0.6) is 0 Å². The number of carbonyl (C=O) groups is 2. The molecule has 2 amide bonds. The van der Waals surface area contributed by atoms with E-state index in [1.165, 1.54) is 11.1 Å². The molecule has 31 heavy (non-hydrogen) atoms. The molecule has 1 atom stereocenters. The molecule has 1 fully saturated rings. The standard InChI is InChI=1S/C25H27N3O2S/c1-27(2)24(30)25(15-19-5-7-21(8-6-19)22-9-13-31-17-22)10-12-28(18-25)23(29)14-20-4-3-11-26-16-20/h3-9,11,13,16-17H,10,12,14-15,18H2,1-2H3/t25-/m1/s1. The molecule has 4 rings (SSSR count). The van der Waals surface area contributed by atoms with Crippen molar-refractivity contribution in [2.24, 2.45) is 5.41 Å². The summed E-state index contributed by atoms with van der Waals surface area (Å²) in [7, 11) is 3.59. The van der Waals surface area contributed by atoms with Crippen LogP contribution >= 0.6 is 11.3 Å². The molecule has 2 aromatic heterocycles. The average Bonchev–Trinajstić information content (AvgIpc) is 3.46. The van der Waals surface area contributed by atoms with E-state index in [9.17, 15) is 9.59 Å². The number of pyridine rings is 1. The van der Waals surface area contributed by atoms with E-state index in [0.717, 1.165) is 11.1 Å². The summed E-state index contributed by atoms with van der Waals surface area (Å²) in [6.07, 6.45) is 5.05. The normalized spacial score (nSPS) is 18.2. The predicted octanol–water partition coefficient (Wildman–Crippen LogP) is 3.90. The maximum atomic E-state index is 13.2. The first-order valence-corrected chi connectivity index (χ1v) is 11.4. The van der Waals surface area contributed by atoms with Crippen molar-refractivity contribution in [1.29, 1.82) is 0 Å². The van der Waals surface area contributed by atoms with E-state index in [4.69, 9.17) is 0 Å². The van der Waals surface area contributed by atoms with Crippen LogP contribution in [0, 0.1) is 5.41 Å². The molecule has 0 N–H and O–H groups in total. The molecule has 6 heteroatoms. The Kier molecular flexibility index (Phi) is 6.18. The smallest absolute Gasteiger partial charge is 0.230 e. The number of likely N-dealkylation sites (tertiary alicyclic amines) is 1. The Labute approximate surface area is 187 Å². The number of aromatic nitrogens is 1. The molecule has 0 unspecified atom stereocenters. The van der Waals surface area contributed by atoms with Crippen LogP contribution in [0.2, 0.25) is 0 Å². The highest BCUT2D eigenvalue weighted by atomic mass is 32.1. The third-order valence-corrected chi connectivity index (χ3v) is 6.68. The third kappa shape index (κ3) is 4.69. The Bertz CT molecular complexity index is 1030. The first kappa shape index (κ1) is 21.2. The van der Waals surface area contributed by atoms with Crippen LogP contribution in [0.3, 0.4) is 0 Å². The van der Waals surface area contributed by atoms with Gasteiger partial charge in [0.1, 0.15) is 0 Å². The minimum Gasteiger partial charge on any atom is -0.348 e. The maximum Gasteiger partial charge on any atom is 0.230 e. The van der Waals surface area contributed by atoms with Gasteiger partial charge in [0, 0.05) is 39.6 Å². The third-order valence-electron chi connectivity index (χ3n) is 6.00. The summed E-state index contributed by atoms with van der Waals surface area (Å²) in [5.74, 6) is 0.139. The molecule has 1 aromatic carbocycles. The topological polar surface area (TPSA) is 53.5 Å². The van der Waals surface area contributed by atoms with Crippen LogP contribution < -0.4 is 0 Å². The highest BCUT2D eigenvalue weighted by Gasteiger charge is 2.46. The van der Waals surface area contributed by atoms with Gasteiger partial charge in [-0.05, 0) is 58.0 Å². The molecule has 3 aromatic rings. The Hall–Kier alpha value is -2.99. The fourth-order valence-corrected chi connectivity index (χ4v) is 5.04. The molecule has 1 aliphatic heterocycles. The largest absolute Gasteiger partial charge is 0.348 e. The van der Waals surface area contributed by atoms with Crippen molar-refractivity contribution in [3.8, 4) is 11.1 Å². The Morgan fingerprint density at radius 3 is 2.55 bits per heavy atom. The van der Waals surface area contributed by atoms with E-state index < -0.39 is 5.41 Å². The lowest BCUT2D eigenvalue weighted by molar-refractivity contribution is -0.139. The van der Waals surface area contributed by atoms with Crippen molar-refractivity contribution in [1.82, 2.24) is 14.8 Å². The average molecular weight is 434 g/mol. The zero-order chi connectivity index (χ0) is 21.8. The molecule has 0 saturated carbocycles. The number of rotatable bonds is 6. The van der Waals surface area contributed by atoms with Crippen LogP contribution in [-0.2, 0) is 22.4 Å². The molecule has 1 aliphatic rings. The van der Waals surface area contributed by atoms with Gasteiger partial charge in [0.15, 0.2) is 0 Å². The second kappa shape index (κ2) is 9.02. The van der Waals surface area contributed by atoms with Crippen LogP contribution in [0.25, 0.3) is 11.1 Å². The Balaban J connectivity index is 1.51. The van der Waals surface area contributed by atoms with Gasteiger partial charge in [0.25, 0.3) is 0 Å². The zero-order valence-corrected chi connectivity index (χ0v) is 18.8. The van der Waals surface area contributed by atoms with Gasteiger partial charge in [0.05, 0.1) is 11.8 Å². The number of benzene rings is 1. The quantitative estimate of drug-likeness (QED) is 0.592. The summed E-state index contributed by atoms with van der Waals surface area (Å²) in [6, 6.07) is 14.3. The number of hydrogen-bond donors (Lipinski definition) is 0. The zero-order valence-electron chi connectivity index (χ0n) is 18.0. The Morgan fingerprint density at radius 1 is 1.10 bits per heavy atom. The summed E-state index contributed by atoms with van der Waals surface area (Å²) >= 11 is 1.68. The van der Waals surface area contributed by atoms with Crippen molar-refractivity contribution >= 4 is 23.2 Å². The monoisotopic (exact) mass is 433 g/mol. The molecular weight excluding hydrogens is 406 g/mol. The van der Waals surface area contributed by atoms with Gasteiger partial charge in [0.2, 0.25) is 11.8 Å². The summed E-state index contributed by atoms with van der Waals surface area (Å²) < 4.78 is 0. The highest BCUT2D eigenvalue weighted by molar-refractivity contribution is 7.08. The van der Waals surface area contributed by atoms with E-state index in [2.05, 4.69) is 46.1 Å². The lowest BCUT2D eigenvalue weighted by atomic mass is 9.79. The Morgan fingerprint density at radius 2 is 1.90 bits per heavy atom. The first-order valence-electron chi connectivity index (χ1n) is 10.5.